The minimum absolute atomic E-state index is 0.678. The SMILES string of the molecule is Pc1cncc(Cl)c1. The van der Waals surface area contributed by atoms with Crippen LogP contribution in [0.15, 0.2) is 18.5 Å². The van der Waals surface area contributed by atoms with Crippen LogP contribution in [0.2, 0.25) is 5.02 Å². The van der Waals surface area contributed by atoms with Crippen LogP contribution >= 0.6 is 20.8 Å². The fraction of sp³-hybridized carbons (Fsp3) is 0. The second kappa shape index (κ2) is 2.43. The van der Waals surface area contributed by atoms with E-state index in [-0.39, 0.29) is 0 Å². The molecule has 1 nitrogen and oxygen atoms in total. The van der Waals surface area contributed by atoms with Crippen LogP contribution in [0.25, 0.3) is 0 Å². The molecule has 0 saturated carbocycles. The van der Waals surface area contributed by atoms with Gasteiger partial charge in [0.1, 0.15) is 0 Å². The smallest absolute Gasteiger partial charge is 0.0595 e. The molecule has 0 aliphatic carbocycles. The van der Waals surface area contributed by atoms with Crippen molar-refractivity contribution in [2.75, 3.05) is 0 Å². The molecular weight excluding hydrogens is 140 g/mol. The third kappa shape index (κ3) is 1.43. The third-order valence-corrected chi connectivity index (χ3v) is 1.25. The summed E-state index contributed by atoms with van der Waals surface area (Å²) in [7, 11) is 2.52. The first kappa shape index (κ1) is 6.00. The Bertz CT molecular complexity index is 172. The molecule has 0 amide bonds. The van der Waals surface area contributed by atoms with Crippen molar-refractivity contribution in [3.8, 4) is 0 Å². The van der Waals surface area contributed by atoms with Crippen LogP contribution in [-0.2, 0) is 0 Å². The van der Waals surface area contributed by atoms with Gasteiger partial charge in [-0.25, -0.2) is 0 Å². The summed E-state index contributed by atoms with van der Waals surface area (Å²) in [5.74, 6) is 0. The molecule has 0 aliphatic rings. The average Bonchev–Trinajstić information content (AvgIpc) is 1.64. The molecule has 1 atom stereocenters. The van der Waals surface area contributed by atoms with Crippen molar-refractivity contribution in [2.24, 2.45) is 0 Å². The topological polar surface area (TPSA) is 12.9 Å². The molecular formula is C5H5ClNP. The molecule has 1 heterocycles. The molecule has 42 valence electrons. The molecule has 0 aliphatic heterocycles. The van der Waals surface area contributed by atoms with Gasteiger partial charge in [0.25, 0.3) is 0 Å². The standard InChI is InChI=1S/C5H5ClNP/c6-4-1-5(8)3-7-2-4/h1-3H,8H2. The van der Waals surface area contributed by atoms with Crippen molar-refractivity contribution in [1.29, 1.82) is 0 Å². The second-order valence-corrected chi connectivity index (χ2v) is 2.54. The largest absolute Gasteiger partial charge is 0.263 e. The molecule has 0 fully saturated rings. The van der Waals surface area contributed by atoms with Crippen molar-refractivity contribution < 1.29 is 0 Å². The van der Waals surface area contributed by atoms with Crippen LogP contribution < -0.4 is 5.30 Å². The van der Waals surface area contributed by atoms with Crippen LogP contribution in [0.3, 0.4) is 0 Å². The highest BCUT2D eigenvalue weighted by Gasteiger charge is 1.84. The normalized spacial score (nSPS) is 9.25. The Hall–Kier alpha value is -0.130. The average molecular weight is 146 g/mol. The molecule has 0 spiro atoms. The molecule has 0 N–H and O–H groups in total. The summed E-state index contributed by atoms with van der Waals surface area (Å²) in [5.41, 5.74) is 0. The van der Waals surface area contributed by atoms with E-state index in [1.54, 1.807) is 12.4 Å². The highest BCUT2D eigenvalue weighted by molar-refractivity contribution is 7.27. The first-order chi connectivity index (χ1) is 3.79. The lowest BCUT2D eigenvalue weighted by molar-refractivity contribution is 1.35. The summed E-state index contributed by atoms with van der Waals surface area (Å²) in [5, 5.41) is 1.69. The number of pyridine rings is 1. The highest BCUT2D eigenvalue weighted by Crippen LogP contribution is 2.02. The maximum Gasteiger partial charge on any atom is 0.0595 e. The summed E-state index contributed by atoms with van der Waals surface area (Å²) in [6, 6.07) is 1.83. The Morgan fingerprint density at radius 2 is 2.25 bits per heavy atom. The minimum Gasteiger partial charge on any atom is -0.263 e. The van der Waals surface area contributed by atoms with E-state index in [1.807, 2.05) is 6.07 Å². The zero-order chi connectivity index (χ0) is 5.98. The van der Waals surface area contributed by atoms with Gasteiger partial charge in [-0.1, -0.05) is 11.6 Å². The molecule has 0 radical (unpaired) electrons. The van der Waals surface area contributed by atoms with Gasteiger partial charge in [-0.15, -0.1) is 9.24 Å². The maximum atomic E-state index is 5.57. The van der Waals surface area contributed by atoms with Crippen LogP contribution in [0, 0.1) is 0 Å². The summed E-state index contributed by atoms with van der Waals surface area (Å²) in [4.78, 5) is 3.83. The minimum atomic E-state index is 0.678. The van der Waals surface area contributed by atoms with Crippen molar-refractivity contribution in [3.63, 3.8) is 0 Å². The van der Waals surface area contributed by atoms with Gasteiger partial charge in [-0.3, -0.25) is 4.98 Å². The van der Waals surface area contributed by atoms with Crippen LogP contribution in [0.5, 0.6) is 0 Å². The number of aromatic nitrogens is 1. The first-order valence-electron chi connectivity index (χ1n) is 2.15. The van der Waals surface area contributed by atoms with Crippen molar-refractivity contribution in [3.05, 3.63) is 23.5 Å². The Kier molecular flexibility index (Phi) is 1.82. The van der Waals surface area contributed by atoms with Gasteiger partial charge in [-0.05, 0) is 11.4 Å². The number of rotatable bonds is 0. The van der Waals surface area contributed by atoms with Crippen LogP contribution in [0.4, 0.5) is 0 Å². The van der Waals surface area contributed by atoms with E-state index in [1.165, 1.54) is 0 Å². The van der Waals surface area contributed by atoms with E-state index >= 15 is 0 Å². The predicted octanol–water partition coefficient (Wildman–Crippen LogP) is 1.24. The van der Waals surface area contributed by atoms with Gasteiger partial charge >= 0.3 is 0 Å². The number of halogens is 1. The fourth-order valence-corrected chi connectivity index (χ4v) is 0.982. The lowest BCUT2D eigenvalue weighted by atomic mass is 10.5. The van der Waals surface area contributed by atoms with E-state index in [2.05, 4.69) is 14.2 Å². The van der Waals surface area contributed by atoms with Crippen LogP contribution in [-0.4, -0.2) is 4.98 Å². The maximum absolute atomic E-state index is 5.57. The molecule has 8 heavy (non-hydrogen) atoms. The molecule has 0 bridgehead atoms. The molecule has 0 aromatic carbocycles. The van der Waals surface area contributed by atoms with Crippen molar-refractivity contribution in [2.45, 2.75) is 0 Å². The molecule has 1 aromatic heterocycles. The summed E-state index contributed by atoms with van der Waals surface area (Å²) in [6.07, 6.45) is 3.34. The van der Waals surface area contributed by atoms with E-state index in [0.717, 1.165) is 5.30 Å². The molecule has 1 aromatic rings. The highest BCUT2D eigenvalue weighted by atomic mass is 35.5. The zero-order valence-corrected chi connectivity index (χ0v) is 6.05. The van der Waals surface area contributed by atoms with E-state index in [9.17, 15) is 0 Å². The first-order valence-corrected chi connectivity index (χ1v) is 3.10. The van der Waals surface area contributed by atoms with Crippen LogP contribution in [0.1, 0.15) is 0 Å². The lowest BCUT2D eigenvalue weighted by Gasteiger charge is -1.87. The van der Waals surface area contributed by atoms with Gasteiger partial charge in [0.15, 0.2) is 0 Å². The quantitative estimate of drug-likeness (QED) is 0.501. The summed E-state index contributed by atoms with van der Waals surface area (Å²) in [6.45, 7) is 0. The molecule has 0 saturated heterocycles. The Balaban J connectivity index is 3.08. The molecule has 1 unspecified atom stereocenters. The van der Waals surface area contributed by atoms with Crippen molar-refractivity contribution >= 4 is 26.1 Å². The Morgan fingerprint density at radius 1 is 1.50 bits per heavy atom. The Morgan fingerprint density at radius 3 is 2.62 bits per heavy atom. The van der Waals surface area contributed by atoms with E-state index < -0.39 is 0 Å². The summed E-state index contributed by atoms with van der Waals surface area (Å²) >= 11 is 5.57. The number of nitrogens with zero attached hydrogens (tertiary/aromatic N) is 1. The lowest BCUT2D eigenvalue weighted by Crippen LogP contribution is -1.88. The van der Waals surface area contributed by atoms with Gasteiger partial charge in [0.05, 0.1) is 5.02 Å². The van der Waals surface area contributed by atoms with Gasteiger partial charge in [0, 0.05) is 12.4 Å². The number of hydrogen-bond donors (Lipinski definition) is 0. The molecule has 1 rings (SSSR count). The van der Waals surface area contributed by atoms with Gasteiger partial charge < -0.3 is 0 Å². The predicted molar refractivity (Wildman–Crippen MR) is 38.6 cm³/mol. The molecule has 3 heteroatoms. The van der Waals surface area contributed by atoms with Gasteiger partial charge in [0.2, 0.25) is 0 Å². The van der Waals surface area contributed by atoms with Crippen molar-refractivity contribution in [1.82, 2.24) is 4.98 Å². The fourth-order valence-electron chi connectivity index (χ4n) is 0.428. The zero-order valence-electron chi connectivity index (χ0n) is 4.13. The van der Waals surface area contributed by atoms with Gasteiger partial charge in [-0.2, -0.15) is 0 Å². The van der Waals surface area contributed by atoms with E-state index in [0.29, 0.717) is 5.02 Å². The monoisotopic (exact) mass is 145 g/mol. The van der Waals surface area contributed by atoms with E-state index in [4.69, 9.17) is 11.6 Å². The third-order valence-electron chi connectivity index (χ3n) is 0.726. The summed E-state index contributed by atoms with van der Waals surface area (Å²) < 4.78 is 0. The second-order valence-electron chi connectivity index (χ2n) is 1.44. The Labute approximate surface area is 55.3 Å². The number of hydrogen-bond acceptors (Lipinski definition) is 1.